The molecule has 1 aliphatic heterocycles. The van der Waals surface area contributed by atoms with E-state index in [9.17, 15) is 13.2 Å². The molecule has 116 valence electrons. The SMILES string of the molecule is Nc1ccc(CN2CCOc3ccccc32)c(C(F)(F)F)c1. The number of hydrogen-bond acceptors (Lipinski definition) is 3. The van der Waals surface area contributed by atoms with E-state index < -0.39 is 11.7 Å². The van der Waals surface area contributed by atoms with Gasteiger partial charge in [-0.2, -0.15) is 13.2 Å². The summed E-state index contributed by atoms with van der Waals surface area (Å²) >= 11 is 0. The van der Waals surface area contributed by atoms with E-state index in [1.54, 1.807) is 0 Å². The summed E-state index contributed by atoms with van der Waals surface area (Å²) in [6.07, 6.45) is -4.42. The van der Waals surface area contributed by atoms with Gasteiger partial charge in [0.05, 0.1) is 17.8 Å². The summed E-state index contributed by atoms with van der Waals surface area (Å²) in [5, 5.41) is 0. The smallest absolute Gasteiger partial charge is 0.416 e. The molecule has 0 atom stereocenters. The van der Waals surface area contributed by atoms with Crippen LogP contribution in [-0.2, 0) is 12.7 Å². The van der Waals surface area contributed by atoms with Gasteiger partial charge in [-0.25, -0.2) is 0 Å². The fraction of sp³-hybridized carbons (Fsp3) is 0.250. The molecule has 2 aromatic carbocycles. The number of ether oxygens (including phenoxy) is 1. The summed E-state index contributed by atoms with van der Waals surface area (Å²) in [5.74, 6) is 0.692. The van der Waals surface area contributed by atoms with Crippen LogP contribution in [0.1, 0.15) is 11.1 Å². The quantitative estimate of drug-likeness (QED) is 0.860. The Labute approximate surface area is 126 Å². The molecule has 3 nitrogen and oxygen atoms in total. The van der Waals surface area contributed by atoms with Crippen molar-refractivity contribution in [1.82, 2.24) is 0 Å². The first-order valence-electron chi connectivity index (χ1n) is 6.87. The van der Waals surface area contributed by atoms with Crippen LogP contribution in [0.4, 0.5) is 24.5 Å². The van der Waals surface area contributed by atoms with Gasteiger partial charge in [0.1, 0.15) is 12.4 Å². The zero-order chi connectivity index (χ0) is 15.7. The highest BCUT2D eigenvalue weighted by Gasteiger charge is 2.34. The van der Waals surface area contributed by atoms with Gasteiger partial charge in [-0.1, -0.05) is 18.2 Å². The maximum absolute atomic E-state index is 13.2. The second-order valence-corrected chi connectivity index (χ2v) is 5.15. The first-order chi connectivity index (χ1) is 10.4. The van der Waals surface area contributed by atoms with Crippen molar-refractivity contribution in [3.05, 3.63) is 53.6 Å². The van der Waals surface area contributed by atoms with E-state index >= 15 is 0 Å². The molecule has 0 bridgehead atoms. The number of nitrogens with two attached hydrogens (primary N) is 1. The highest BCUT2D eigenvalue weighted by atomic mass is 19.4. The van der Waals surface area contributed by atoms with Gasteiger partial charge in [-0.3, -0.25) is 0 Å². The number of rotatable bonds is 2. The minimum absolute atomic E-state index is 0.110. The number of halogens is 3. The monoisotopic (exact) mass is 308 g/mol. The second-order valence-electron chi connectivity index (χ2n) is 5.15. The van der Waals surface area contributed by atoms with E-state index in [1.165, 1.54) is 12.1 Å². The summed E-state index contributed by atoms with van der Waals surface area (Å²) in [5.41, 5.74) is 5.94. The molecule has 3 rings (SSSR count). The molecule has 0 unspecified atom stereocenters. The van der Waals surface area contributed by atoms with E-state index in [2.05, 4.69) is 0 Å². The summed E-state index contributed by atoms with van der Waals surface area (Å²) in [6.45, 7) is 1.15. The number of nitrogen functional groups attached to an aromatic ring is 1. The molecular formula is C16H15F3N2O. The Morgan fingerprint density at radius 1 is 1.14 bits per heavy atom. The fourth-order valence-corrected chi connectivity index (χ4v) is 2.59. The molecule has 2 N–H and O–H groups in total. The molecule has 0 fully saturated rings. The highest BCUT2D eigenvalue weighted by Crippen LogP contribution is 2.36. The van der Waals surface area contributed by atoms with Gasteiger partial charge in [0.2, 0.25) is 0 Å². The maximum Gasteiger partial charge on any atom is 0.416 e. The molecule has 6 heteroatoms. The van der Waals surface area contributed by atoms with Crippen molar-refractivity contribution in [3.63, 3.8) is 0 Å². The summed E-state index contributed by atoms with van der Waals surface area (Å²) in [4.78, 5) is 1.89. The van der Waals surface area contributed by atoms with Crippen molar-refractivity contribution in [1.29, 1.82) is 0 Å². The van der Waals surface area contributed by atoms with E-state index in [1.807, 2.05) is 29.2 Å². The number of benzene rings is 2. The molecule has 0 amide bonds. The molecule has 0 spiro atoms. The van der Waals surface area contributed by atoms with Crippen molar-refractivity contribution in [3.8, 4) is 5.75 Å². The Balaban J connectivity index is 1.95. The fourth-order valence-electron chi connectivity index (χ4n) is 2.59. The molecular weight excluding hydrogens is 293 g/mol. The molecule has 0 aliphatic carbocycles. The van der Waals surface area contributed by atoms with E-state index in [4.69, 9.17) is 10.5 Å². The van der Waals surface area contributed by atoms with Gasteiger partial charge in [-0.05, 0) is 29.8 Å². The van der Waals surface area contributed by atoms with Gasteiger partial charge >= 0.3 is 6.18 Å². The minimum atomic E-state index is -4.42. The number of anilines is 2. The second kappa shape index (κ2) is 5.44. The number of hydrogen-bond donors (Lipinski definition) is 1. The third-order valence-corrected chi connectivity index (χ3v) is 3.63. The first-order valence-corrected chi connectivity index (χ1v) is 6.87. The van der Waals surface area contributed by atoms with Crippen LogP contribution in [0.25, 0.3) is 0 Å². The molecule has 0 saturated heterocycles. The van der Waals surface area contributed by atoms with Crippen molar-refractivity contribution < 1.29 is 17.9 Å². The van der Waals surface area contributed by atoms with E-state index in [0.29, 0.717) is 18.9 Å². The molecule has 0 aromatic heterocycles. The zero-order valence-corrected chi connectivity index (χ0v) is 11.7. The Morgan fingerprint density at radius 3 is 2.68 bits per heavy atom. The average Bonchev–Trinajstić information content (AvgIpc) is 2.48. The zero-order valence-electron chi connectivity index (χ0n) is 11.7. The van der Waals surface area contributed by atoms with Crippen molar-refractivity contribution in [2.24, 2.45) is 0 Å². The van der Waals surface area contributed by atoms with E-state index in [0.717, 1.165) is 11.8 Å². The van der Waals surface area contributed by atoms with Gasteiger partial charge in [0.15, 0.2) is 0 Å². The molecule has 1 aliphatic rings. The Hall–Kier alpha value is -2.37. The van der Waals surface area contributed by atoms with Gasteiger partial charge in [-0.15, -0.1) is 0 Å². The van der Waals surface area contributed by atoms with Crippen LogP contribution in [0, 0.1) is 0 Å². The number of fused-ring (bicyclic) bond motifs is 1. The largest absolute Gasteiger partial charge is 0.490 e. The number of para-hydroxylation sites is 2. The summed E-state index contributed by atoms with van der Waals surface area (Å²) in [6, 6.07) is 11.3. The third kappa shape index (κ3) is 2.81. The first kappa shape index (κ1) is 14.6. The van der Waals surface area contributed by atoms with Gasteiger partial charge < -0.3 is 15.4 Å². The lowest BCUT2D eigenvalue weighted by molar-refractivity contribution is -0.138. The Bertz CT molecular complexity index is 685. The molecule has 22 heavy (non-hydrogen) atoms. The average molecular weight is 308 g/mol. The van der Waals surface area contributed by atoms with Gasteiger partial charge in [0, 0.05) is 12.2 Å². The Morgan fingerprint density at radius 2 is 1.91 bits per heavy atom. The van der Waals surface area contributed by atoms with E-state index in [-0.39, 0.29) is 17.8 Å². The maximum atomic E-state index is 13.2. The third-order valence-electron chi connectivity index (χ3n) is 3.63. The minimum Gasteiger partial charge on any atom is -0.490 e. The van der Waals surface area contributed by atoms with Crippen molar-refractivity contribution in [2.75, 3.05) is 23.8 Å². The number of alkyl halides is 3. The van der Waals surface area contributed by atoms with Crippen molar-refractivity contribution in [2.45, 2.75) is 12.7 Å². The standard InChI is InChI=1S/C16H15F3N2O/c17-16(18,19)13-9-12(20)6-5-11(13)10-21-7-8-22-15-4-2-1-3-14(15)21/h1-6,9H,7-8,10,20H2. The molecule has 0 saturated carbocycles. The molecule has 1 heterocycles. The topological polar surface area (TPSA) is 38.5 Å². The van der Waals surface area contributed by atoms with Crippen LogP contribution in [0.15, 0.2) is 42.5 Å². The lowest BCUT2D eigenvalue weighted by atomic mass is 10.0. The normalized spacial score (nSPS) is 14.4. The van der Waals surface area contributed by atoms with Gasteiger partial charge in [0.25, 0.3) is 0 Å². The summed E-state index contributed by atoms with van der Waals surface area (Å²) < 4.78 is 45.1. The van der Waals surface area contributed by atoms with Crippen molar-refractivity contribution >= 4 is 11.4 Å². The van der Waals surface area contributed by atoms with Crippen LogP contribution in [0.3, 0.4) is 0 Å². The molecule has 2 aromatic rings. The molecule has 0 radical (unpaired) electrons. The van der Waals surface area contributed by atoms with Crippen LogP contribution in [-0.4, -0.2) is 13.2 Å². The lowest BCUT2D eigenvalue weighted by Crippen LogP contribution is -2.32. The predicted octanol–water partition coefficient (Wildman–Crippen LogP) is 3.69. The predicted molar refractivity (Wildman–Crippen MR) is 78.8 cm³/mol. The van der Waals surface area contributed by atoms with Crippen LogP contribution < -0.4 is 15.4 Å². The van der Waals surface area contributed by atoms with Crippen LogP contribution in [0.2, 0.25) is 0 Å². The lowest BCUT2D eigenvalue weighted by Gasteiger charge is -2.32. The number of nitrogens with zero attached hydrogens (tertiary/aromatic N) is 1. The highest BCUT2D eigenvalue weighted by molar-refractivity contribution is 5.60. The van der Waals surface area contributed by atoms with Crippen LogP contribution in [0.5, 0.6) is 5.75 Å². The Kier molecular flexibility index (Phi) is 3.60. The van der Waals surface area contributed by atoms with Crippen LogP contribution >= 0.6 is 0 Å². The summed E-state index contributed by atoms with van der Waals surface area (Å²) in [7, 11) is 0.